The average molecular weight is 460 g/mol. The Labute approximate surface area is 198 Å². The summed E-state index contributed by atoms with van der Waals surface area (Å²) >= 11 is 0. The molecule has 1 atom stereocenters. The summed E-state index contributed by atoms with van der Waals surface area (Å²) < 4.78 is 18.9. The number of hydrogen-bond donors (Lipinski definition) is 0. The second kappa shape index (κ2) is 9.87. The van der Waals surface area contributed by atoms with Crippen molar-refractivity contribution in [1.82, 2.24) is 9.91 Å². The predicted octanol–water partition coefficient (Wildman–Crippen LogP) is 4.59. The summed E-state index contributed by atoms with van der Waals surface area (Å²) in [5.41, 5.74) is 3.90. The van der Waals surface area contributed by atoms with Crippen molar-refractivity contribution < 1.29 is 18.7 Å². The van der Waals surface area contributed by atoms with E-state index < -0.39 is 11.7 Å². The number of benzene rings is 3. The van der Waals surface area contributed by atoms with Crippen molar-refractivity contribution in [3.8, 4) is 5.75 Å². The molecule has 0 spiro atoms. The van der Waals surface area contributed by atoms with Crippen LogP contribution >= 0.6 is 0 Å². The van der Waals surface area contributed by atoms with Gasteiger partial charge in [0.15, 0.2) is 0 Å². The van der Waals surface area contributed by atoms with Crippen LogP contribution in [0.25, 0.3) is 0 Å². The quantitative estimate of drug-likeness (QED) is 0.542. The van der Waals surface area contributed by atoms with E-state index in [1.165, 1.54) is 35.2 Å². The molecule has 34 heavy (non-hydrogen) atoms. The molecule has 0 saturated heterocycles. The van der Waals surface area contributed by atoms with E-state index in [0.29, 0.717) is 12.2 Å². The highest BCUT2D eigenvalue weighted by atomic mass is 19.1. The SMILES string of the molecule is COc1cccc(C2=NN(C(=O)CN(C)C(=O)c3cccc(F)c3)C(c3ccc(C)cc3)C2)c1. The fraction of sp³-hybridized carbons (Fsp3) is 0.222. The van der Waals surface area contributed by atoms with Gasteiger partial charge in [0.2, 0.25) is 0 Å². The Morgan fingerprint density at radius 3 is 2.53 bits per heavy atom. The summed E-state index contributed by atoms with van der Waals surface area (Å²) in [6, 6.07) is 20.7. The number of carbonyl (C=O) groups is 2. The van der Waals surface area contributed by atoms with E-state index >= 15 is 0 Å². The second-order valence-corrected chi connectivity index (χ2v) is 8.32. The second-order valence-electron chi connectivity index (χ2n) is 8.32. The Kier molecular flexibility index (Phi) is 6.72. The van der Waals surface area contributed by atoms with E-state index in [-0.39, 0.29) is 24.1 Å². The molecule has 3 aromatic rings. The first-order valence-corrected chi connectivity index (χ1v) is 11.0. The molecule has 1 aliphatic heterocycles. The first kappa shape index (κ1) is 23.2. The molecule has 6 nitrogen and oxygen atoms in total. The topological polar surface area (TPSA) is 62.2 Å². The lowest BCUT2D eigenvalue weighted by Crippen LogP contribution is -2.39. The number of amides is 2. The molecule has 2 amide bonds. The van der Waals surface area contributed by atoms with Gasteiger partial charge in [0.05, 0.1) is 18.9 Å². The number of aryl methyl sites for hydroxylation is 1. The molecule has 0 N–H and O–H groups in total. The van der Waals surface area contributed by atoms with Crippen LogP contribution in [0.5, 0.6) is 5.75 Å². The van der Waals surface area contributed by atoms with Crippen molar-refractivity contribution in [1.29, 1.82) is 0 Å². The maximum Gasteiger partial charge on any atom is 0.262 e. The standard InChI is InChI=1S/C27H26FN3O3/c1-18-10-12-19(13-11-18)25-16-24(20-6-5-9-23(15-20)34-3)29-31(25)26(32)17-30(2)27(33)21-7-4-8-22(28)14-21/h4-15,25H,16-17H2,1-3H3. The van der Waals surface area contributed by atoms with Gasteiger partial charge in [0.1, 0.15) is 18.1 Å². The van der Waals surface area contributed by atoms with E-state index in [1.54, 1.807) is 7.11 Å². The van der Waals surface area contributed by atoms with Gasteiger partial charge in [-0.05, 0) is 42.8 Å². The van der Waals surface area contributed by atoms with E-state index in [4.69, 9.17) is 4.74 Å². The molecule has 1 heterocycles. The largest absolute Gasteiger partial charge is 0.497 e. The van der Waals surface area contributed by atoms with Gasteiger partial charge >= 0.3 is 0 Å². The highest BCUT2D eigenvalue weighted by Crippen LogP contribution is 2.33. The summed E-state index contributed by atoms with van der Waals surface area (Å²) in [5, 5.41) is 6.11. The normalized spacial score (nSPS) is 15.1. The molecule has 0 saturated carbocycles. The minimum atomic E-state index is -0.503. The smallest absolute Gasteiger partial charge is 0.262 e. The van der Waals surface area contributed by atoms with Crippen molar-refractivity contribution in [2.45, 2.75) is 19.4 Å². The van der Waals surface area contributed by atoms with Crippen molar-refractivity contribution in [3.05, 3.63) is 101 Å². The number of hydrazone groups is 1. The zero-order valence-electron chi connectivity index (χ0n) is 19.4. The van der Waals surface area contributed by atoms with Crippen LogP contribution in [-0.4, -0.2) is 48.1 Å². The number of carbonyl (C=O) groups excluding carboxylic acids is 2. The number of likely N-dealkylation sites (N-methyl/N-ethyl adjacent to an activating group) is 1. The molecule has 1 unspecified atom stereocenters. The van der Waals surface area contributed by atoms with E-state index in [9.17, 15) is 14.0 Å². The van der Waals surface area contributed by atoms with Crippen LogP contribution in [0.15, 0.2) is 77.9 Å². The summed E-state index contributed by atoms with van der Waals surface area (Å²) in [6.45, 7) is 1.82. The van der Waals surface area contributed by atoms with Gasteiger partial charge in [-0.15, -0.1) is 0 Å². The lowest BCUT2D eigenvalue weighted by Gasteiger charge is -2.25. The summed E-state index contributed by atoms with van der Waals surface area (Å²) in [6.07, 6.45) is 0.531. The number of methoxy groups -OCH3 is 1. The van der Waals surface area contributed by atoms with Crippen LogP contribution in [0.4, 0.5) is 4.39 Å². The predicted molar refractivity (Wildman–Crippen MR) is 128 cm³/mol. The Hall–Kier alpha value is -4.00. The van der Waals surface area contributed by atoms with Gasteiger partial charge in [-0.25, -0.2) is 9.40 Å². The van der Waals surface area contributed by atoms with Crippen LogP contribution in [0.3, 0.4) is 0 Å². The molecule has 174 valence electrons. The van der Waals surface area contributed by atoms with E-state index in [2.05, 4.69) is 5.10 Å². The Balaban J connectivity index is 1.60. The molecule has 0 aromatic heterocycles. The summed E-state index contributed by atoms with van der Waals surface area (Å²) in [4.78, 5) is 27.3. The van der Waals surface area contributed by atoms with Crippen LogP contribution in [-0.2, 0) is 4.79 Å². The number of ether oxygens (including phenoxy) is 1. The molecule has 0 radical (unpaired) electrons. The van der Waals surface area contributed by atoms with Crippen LogP contribution in [0.1, 0.15) is 39.5 Å². The molecule has 0 aliphatic carbocycles. The van der Waals surface area contributed by atoms with Crippen LogP contribution in [0.2, 0.25) is 0 Å². The van der Waals surface area contributed by atoms with Crippen molar-refractivity contribution in [2.75, 3.05) is 20.7 Å². The van der Waals surface area contributed by atoms with Gasteiger partial charge in [-0.1, -0.05) is 48.0 Å². The maximum absolute atomic E-state index is 13.6. The molecular weight excluding hydrogens is 433 g/mol. The Morgan fingerprint density at radius 2 is 1.82 bits per heavy atom. The number of halogens is 1. The number of nitrogens with zero attached hydrogens (tertiary/aromatic N) is 3. The van der Waals surface area contributed by atoms with E-state index in [1.807, 2.05) is 55.5 Å². The highest BCUT2D eigenvalue weighted by molar-refractivity contribution is 6.04. The molecule has 0 fully saturated rings. The lowest BCUT2D eigenvalue weighted by atomic mass is 9.97. The minimum Gasteiger partial charge on any atom is -0.497 e. The minimum absolute atomic E-state index is 0.187. The number of hydrogen-bond acceptors (Lipinski definition) is 4. The van der Waals surface area contributed by atoms with Gasteiger partial charge in [-0.3, -0.25) is 9.59 Å². The zero-order chi connectivity index (χ0) is 24.2. The Morgan fingerprint density at radius 1 is 1.09 bits per heavy atom. The van der Waals surface area contributed by atoms with Crippen molar-refractivity contribution >= 4 is 17.5 Å². The van der Waals surface area contributed by atoms with E-state index in [0.717, 1.165) is 28.5 Å². The van der Waals surface area contributed by atoms with Crippen molar-refractivity contribution in [2.24, 2.45) is 5.10 Å². The third-order valence-corrected chi connectivity index (χ3v) is 5.82. The molecule has 4 rings (SSSR count). The summed E-state index contributed by atoms with van der Waals surface area (Å²) in [7, 11) is 3.13. The monoisotopic (exact) mass is 459 g/mol. The fourth-order valence-corrected chi connectivity index (χ4v) is 3.95. The zero-order valence-corrected chi connectivity index (χ0v) is 19.4. The highest BCUT2D eigenvalue weighted by Gasteiger charge is 2.34. The first-order valence-electron chi connectivity index (χ1n) is 11.0. The third kappa shape index (κ3) is 4.98. The van der Waals surface area contributed by atoms with Crippen molar-refractivity contribution in [3.63, 3.8) is 0 Å². The molecule has 0 bridgehead atoms. The molecule has 1 aliphatic rings. The molecule has 7 heteroatoms. The first-order chi connectivity index (χ1) is 16.4. The lowest BCUT2D eigenvalue weighted by molar-refractivity contribution is -0.133. The van der Waals surface area contributed by atoms with Crippen LogP contribution in [0, 0.1) is 12.7 Å². The van der Waals surface area contributed by atoms with Gasteiger partial charge in [0.25, 0.3) is 11.8 Å². The Bertz CT molecular complexity index is 1240. The van der Waals surface area contributed by atoms with Gasteiger partial charge in [-0.2, -0.15) is 5.10 Å². The fourth-order valence-electron chi connectivity index (χ4n) is 3.95. The van der Waals surface area contributed by atoms with Gasteiger partial charge in [0, 0.05) is 24.6 Å². The number of rotatable bonds is 6. The third-order valence-electron chi connectivity index (χ3n) is 5.82. The van der Waals surface area contributed by atoms with Gasteiger partial charge < -0.3 is 9.64 Å². The summed E-state index contributed by atoms with van der Waals surface area (Å²) in [5.74, 6) is -0.555. The molecule has 3 aromatic carbocycles. The molecular formula is C27H26FN3O3. The average Bonchev–Trinajstić information content (AvgIpc) is 3.30. The van der Waals surface area contributed by atoms with Crippen LogP contribution < -0.4 is 4.74 Å². The maximum atomic E-state index is 13.6.